The van der Waals surface area contributed by atoms with Crippen molar-refractivity contribution in [3.8, 4) is 0 Å². The van der Waals surface area contributed by atoms with Crippen molar-refractivity contribution in [2.75, 3.05) is 25.4 Å². The molecule has 0 aliphatic rings. The van der Waals surface area contributed by atoms with Gasteiger partial charge in [-0.1, -0.05) is 26.0 Å². The molecule has 0 spiro atoms. The Labute approximate surface area is 91.5 Å². The molecule has 14 heavy (non-hydrogen) atoms. The van der Waals surface area contributed by atoms with Crippen LogP contribution in [-0.2, 0) is 0 Å². The van der Waals surface area contributed by atoms with Gasteiger partial charge in [-0.3, -0.25) is 0 Å². The Morgan fingerprint density at radius 1 is 1.21 bits per heavy atom. The SMILES string of the molecule is CCN(CC)CCSc1cc[c]cc1. The van der Waals surface area contributed by atoms with E-state index in [-0.39, 0.29) is 0 Å². The van der Waals surface area contributed by atoms with E-state index in [4.69, 9.17) is 0 Å². The van der Waals surface area contributed by atoms with Crippen LogP contribution in [0.5, 0.6) is 0 Å². The average molecular weight is 208 g/mol. The van der Waals surface area contributed by atoms with Gasteiger partial charge in [-0.05, 0) is 31.3 Å². The van der Waals surface area contributed by atoms with E-state index < -0.39 is 0 Å². The van der Waals surface area contributed by atoms with Crippen molar-refractivity contribution in [3.63, 3.8) is 0 Å². The maximum atomic E-state index is 3.03. The summed E-state index contributed by atoms with van der Waals surface area (Å²) in [5.74, 6) is 1.17. The highest BCUT2D eigenvalue weighted by atomic mass is 32.2. The molecule has 0 saturated carbocycles. The first-order valence-electron chi connectivity index (χ1n) is 5.18. The summed E-state index contributed by atoms with van der Waals surface area (Å²) in [6.07, 6.45) is 0. The third kappa shape index (κ3) is 4.16. The molecular formula is C12H18NS. The van der Waals surface area contributed by atoms with Gasteiger partial charge in [-0.15, -0.1) is 11.8 Å². The Bertz CT molecular complexity index is 231. The lowest BCUT2D eigenvalue weighted by molar-refractivity contribution is 0.324. The van der Waals surface area contributed by atoms with Crippen LogP contribution in [0, 0.1) is 6.07 Å². The summed E-state index contributed by atoms with van der Waals surface area (Å²) in [5.41, 5.74) is 0. The Hall–Kier alpha value is -0.470. The fourth-order valence-corrected chi connectivity index (χ4v) is 2.21. The molecule has 0 fully saturated rings. The number of hydrogen-bond acceptors (Lipinski definition) is 2. The molecule has 0 amide bonds. The van der Waals surface area contributed by atoms with Crippen LogP contribution in [0.3, 0.4) is 0 Å². The van der Waals surface area contributed by atoms with Gasteiger partial charge in [0.25, 0.3) is 0 Å². The zero-order chi connectivity index (χ0) is 10.2. The van der Waals surface area contributed by atoms with Crippen molar-refractivity contribution in [2.45, 2.75) is 18.7 Å². The highest BCUT2D eigenvalue weighted by molar-refractivity contribution is 7.99. The van der Waals surface area contributed by atoms with E-state index in [1.165, 1.54) is 17.2 Å². The molecule has 1 aromatic rings. The Morgan fingerprint density at radius 3 is 2.43 bits per heavy atom. The molecular weight excluding hydrogens is 190 g/mol. The summed E-state index contributed by atoms with van der Waals surface area (Å²) in [6, 6.07) is 11.2. The van der Waals surface area contributed by atoms with Gasteiger partial charge in [0, 0.05) is 17.2 Å². The van der Waals surface area contributed by atoms with Crippen LogP contribution in [0.1, 0.15) is 13.8 Å². The molecule has 1 rings (SSSR count). The zero-order valence-electron chi connectivity index (χ0n) is 8.99. The van der Waals surface area contributed by atoms with Crippen molar-refractivity contribution in [1.29, 1.82) is 0 Å². The number of hydrogen-bond donors (Lipinski definition) is 0. The molecule has 0 atom stereocenters. The van der Waals surface area contributed by atoms with Gasteiger partial charge in [0.15, 0.2) is 0 Å². The molecule has 77 valence electrons. The second-order valence-electron chi connectivity index (χ2n) is 3.11. The molecule has 1 nitrogen and oxygen atoms in total. The van der Waals surface area contributed by atoms with Crippen LogP contribution in [0.15, 0.2) is 29.2 Å². The van der Waals surface area contributed by atoms with E-state index in [2.05, 4.69) is 36.9 Å². The molecule has 2 heteroatoms. The smallest absolute Gasteiger partial charge is 0.0108 e. The minimum atomic E-state index is 1.15. The first-order chi connectivity index (χ1) is 6.86. The van der Waals surface area contributed by atoms with E-state index >= 15 is 0 Å². The topological polar surface area (TPSA) is 3.24 Å². The van der Waals surface area contributed by atoms with Crippen LogP contribution in [0.2, 0.25) is 0 Å². The van der Waals surface area contributed by atoms with Crippen LogP contribution in [-0.4, -0.2) is 30.3 Å². The molecule has 0 heterocycles. The second kappa shape index (κ2) is 6.91. The lowest BCUT2D eigenvalue weighted by Crippen LogP contribution is -2.25. The van der Waals surface area contributed by atoms with Crippen molar-refractivity contribution in [1.82, 2.24) is 4.90 Å². The quantitative estimate of drug-likeness (QED) is 0.661. The molecule has 0 aliphatic carbocycles. The minimum Gasteiger partial charge on any atom is -0.303 e. The zero-order valence-corrected chi connectivity index (χ0v) is 9.81. The molecule has 1 radical (unpaired) electrons. The lowest BCUT2D eigenvalue weighted by atomic mass is 10.4. The summed E-state index contributed by atoms with van der Waals surface area (Å²) in [7, 11) is 0. The summed E-state index contributed by atoms with van der Waals surface area (Å²) in [6.45, 7) is 7.91. The van der Waals surface area contributed by atoms with Gasteiger partial charge in [0.2, 0.25) is 0 Å². The molecule has 0 saturated heterocycles. The average Bonchev–Trinajstić information content (AvgIpc) is 2.26. The van der Waals surface area contributed by atoms with Crippen molar-refractivity contribution < 1.29 is 0 Å². The van der Waals surface area contributed by atoms with Gasteiger partial charge in [0.05, 0.1) is 0 Å². The van der Waals surface area contributed by atoms with E-state index in [1.807, 2.05) is 23.9 Å². The van der Waals surface area contributed by atoms with Gasteiger partial charge in [-0.2, -0.15) is 0 Å². The Kier molecular flexibility index (Phi) is 5.72. The predicted octanol–water partition coefficient (Wildman–Crippen LogP) is 2.92. The Morgan fingerprint density at radius 2 is 1.86 bits per heavy atom. The minimum absolute atomic E-state index is 1.15. The lowest BCUT2D eigenvalue weighted by Gasteiger charge is -2.17. The van der Waals surface area contributed by atoms with Crippen LogP contribution < -0.4 is 0 Å². The second-order valence-corrected chi connectivity index (χ2v) is 4.28. The summed E-state index contributed by atoms with van der Waals surface area (Å²) < 4.78 is 0. The number of thioether (sulfide) groups is 1. The fourth-order valence-electron chi connectivity index (χ4n) is 1.30. The van der Waals surface area contributed by atoms with Crippen LogP contribution in [0.4, 0.5) is 0 Å². The highest BCUT2D eigenvalue weighted by Crippen LogP contribution is 2.16. The van der Waals surface area contributed by atoms with E-state index in [0.29, 0.717) is 0 Å². The van der Waals surface area contributed by atoms with Crippen molar-refractivity contribution >= 4 is 11.8 Å². The van der Waals surface area contributed by atoms with Gasteiger partial charge >= 0.3 is 0 Å². The Balaban J connectivity index is 2.21. The predicted molar refractivity (Wildman–Crippen MR) is 63.8 cm³/mol. The highest BCUT2D eigenvalue weighted by Gasteiger charge is 1.98. The number of benzene rings is 1. The molecule has 0 N–H and O–H groups in total. The first-order valence-corrected chi connectivity index (χ1v) is 6.16. The van der Waals surface area contributed by atoms with Crippen molar-refractivity contribution in [3.05, 3.63) is 30.3 Å². The van der Waals surface area contributed by atoms with Crippen LogP contribution in [0.25, 0.3) is 0 Å². The maximum absolute atomic E-state index is 3.03. The van der Waals surface area contributed by atoms with Gasteiger partial charge in [-0.25, -0.2) is 0 Å². The molecule has 0 bridgehead atoms. The van der Waals surface area contributed by atoms with E-state index in [1.54, 1.807) is 0 Å². The van der Waals surface area contributed by atoms with Gasteiger partial charge in [0.1, 0.15) is 0 Å². The third-order valence-corrected chi connectivity index (χ3v) is 3.25. The molecule has 0 aliphatic heterocycles. The number of nitrogens with zero attached hydrogens (tertiary/aromatic N) is 1. The molecule has 0 aromatic heterocycles. The third-order valence-electron chi connectivity index (χ3n) is 2.26. The van der Waals surface area contributed by atoms with E-state index in [0.717, 1.165) is 13.1 Å². The normalized spacial score (nSPS) is 10.8. The first kappa shape index (κ1) is 11.6. The standard InChI is InChI=1S/C12H18NS/c1-3-13(4-2)10-11-14-12-8-6-5-7-9-12/h6-9H,3-4,10-11H2,1-2H3. The number of rotatable bonds is 6. The van der Waals surface area contributed by atoms with Crippen molar-refractivity contribution in [2.24, 2.45) is 0 Å². The summed E-state index contributed by atoms with van der Waals surface area (Å²) in [5, 5.41) is 0. The maximum Gasteiger partial charge on any atom is 0.0108 e. The summed E-state index contributed by atoms with van der Waals surface area (Å²) in [4.78, 5) is 3.79. The largest absolute Gasteiger partial charge is 0.303 e. The van der Waals surface area contributed by atoms with Gasteiger partial charge < -0.3 is 4.90 Å². The fraction of sp³-hybridized carbons (Fsp3) is 0.500. The van der Waals surface area contributed by atoms with E-state index in [9.17, 15) is 0 Å². The molecule has 0 unspecified atom stereocenters. The summed E-state index contributed by atoms with van der Waals surface area (Å²) >= 11 is 1.92. The molecule has 1 aromatic carbocycles. The van der Waals surface area contributed by atoms with Crippen LogP contribution >= 0.6 is 11.8 Å². The monoisotopic (exact) mass is 208 g/mol.